The zero-order valence-electron chi connectivity index (χ0n) is 15.3. The van der Waals surface area contributed by atoms with Crippen LogP contribution in [-0.4, -0.2) is 45.5 Å². The lowest BCUT2D eigenvalue weighted by molar-refractivity contribution is -0.136. The third-order valence-corrected chi connectivity index (χ3v) is 4.76. The van der Waals surface area contributed by atoms with Gasteiger partial charge in [-0.2, -0.15) is 4.98 Å². The fraction of sp³-hybridized carbons (Fsp3) is 0.286. The maximum absolute atomic E-state index is 12.5. The number of aromatic nitrogens is 2. The van der Waals surface area contributed by atoms with E-state index in [1.807, 2.05) is 35.2 Å². The first-order valence-electron chi connectivity index (χ1n) is 9.11. The highest BCUT2D eigenvalue weighted by Gasteiger charge is 2.23. The average Bonchev–Trinajstić information content (AvgIpc) is 3.12. The van der Waals surface area contributed by atoms with Crippen molar-refractivity contribution in [3.8, 4) is 11.4 Å². The molecule has 1 aliphatic rings. The Hall–Kier alpha value is -2.99. The first kappa shape index (κ1) is 17.4. The van der Waals surface area contributed by atoms with E-state index in [0.29, 0.717) is 24.8 Å². The van der Waals surface area contributed by atoms with E-state index in [0.717, 1.165) is 25.2 Å². The van der Waals surface area contributed by atoms with E-state index in [2.05, 4.69) is 39.3 Å². The van der Waals surface area contributed by atoms with E-state index in [-0.39, 0.29) is 5.91 Å². The number of carbonyl (C=O) groups is 1. The summed E-state index contributed by atoms with van der Waals surface area (Å²) in [6, 6.07) is 18.2. The van der Waals surface area contributed by atoms with Crippen molar-refractivity contribution in [2.24, 2.45) is 0 Å². The van der Waals surface area contributed by atoms with Crippen molar-refractivity contribution in [3.63, 3.8) is 0 Å². The summed E-state index contributed by atoms with van der Waals surface area (Å²) in [5.41, 5.74) is 3.27. The number of aryl methyl sites for hydroxylation is 1. The Labute approximate surface area is 158 Å². The minimum atomic E-state index is 0.184. The maximum Gasteiger partial charge on any atom is 0.237 e. The van der Waals surface area contributed by atoms with Crippen molar-refractivity contribution in [2.75, 3.05) is 19.6 Å². The first-order valence-corrected chi connectivity index (χ1v) is 9.11. The number of nitrogens with zero attached hydrogens (tertiary/aromatic N) is 4. The lowest BCUT2D eigenvalue weighted by Gasteiger charge is -2.34. The number of piperazine rings is 1. The molecule has 0 N–H and O–H groups in total. The van der Waals surface area contributed by atoms with Gasteiger partial charge in [0, 0.05) is 38.7 Å². The average molecular weight is 362 g/mol. The third kappa shape index (κ3) is 4.23. The van der Waals surface area contributed by atoms with E-state index in [9.17, 15) is 4.79 Å². The molecule has 0 saturated carbocycles. The number of benzene rings is 2. The Bertz CT molecular complexity index is 905. The molecule has 1 fully saturated rings. The highest BCUT2D eigenvalue weighted by atomic mass is 16.5. The topological polar surface area (TPSA) is 62.5 Å². The molecule has 1 amide bonds. The Balaban J connectivity index is 1.34. The van der Waals surface area contributed by atoms with Crippen LogP contribution in [-0.2, 0) is 17.9 Å². The van der Waals surface area contributed by atoms with E-state index in [1.54, 1.807) is 6.92 Å². The molecule has 0 aliphatic carbocycles. The molecule has 1 aromatic heterocycles. The standard InChI is InChI=1S/C21H22N4O2/c1-16-22-21(23-27-16)19-9-7-18(8-10-19)13-24-11-12-25(20(26)15-24)14-17-5-3-2-4-6-17/h2-10H,11-15H2,1H3. The summed E-state index contributed by atoms with van der Waals surface area (Å²) in [7, 11) is 0. The molecule has 1 saturated heterocycles. The summed E-state index contributed by atoms with van der Waals surface area (Å²) >= 11 is 0. The van der Waals surface area contributed by atoms with Crippen LogP contribution < -0.4 is 0 Å². The minimum Gasteiger partial charge on any atom is -0.339 e. The van der Waals surface area contributed by atoms with Crippen molar-refractivity contribution in [3.05, 3.63) is 71.6 Å². The van der Waals surface area contributed by atoms with Crippen molar-refractivity contribution < 1.29 is 9.32 Å². The third-order valence-electron chi connectivity index (χ3n) is 4.76. The molecule has 2 aromatic carbocycles. The molecule has 2 heterocycles. The second kappa shape index (κ2) is 7.72. The molecule has 6 nitrogen and oxygen atoms in total. The molecule has 1 aliphatic heterocycles. The van der Waals surface area contributed by atoms with Gasteiger partial charge in [-0.05, 0) is 11.1 Å². The van der Waals surface area contributed by atoms with Gasteiger partial charge in [-0.3, -0.25) is 9.69 Å². The van der Waals surface area contributed by atoms with Crippen LogP contribution in [0.2, 0.25) is 0 Å². The Morgan fingerprint density at radius 2 is 1.70 bits per heavy atom. The molecule has 0 atom stereocenters. The summed E-state index contributed by atoms with van der Waals surface area (Å²) < 4.78 is 5.02. The van der Waals surface area contributed by atoms with Crippen molar-refractivity contribution in [1.82, 2.24) is 19.9 Å². The zero-order valence-corrected chi connectivity index (χ0v) is 15.3. The van der Waals surface area contributed by atoms with E-state index in [1.165, 1.54) is 11.1 Å². The van der Waals surface area contributed by atoms with Crippen LogP contribution in [0.4, 0.5) is 0 Å². The summed E-state index contributed by atoms with van der Waals surface area (Å²) in [5, 5.41) is 3.94. The van der Waals surface area contributed by atoms with Gasteiger partial charge in [0.05, 0.1) is 6.54 Å². The quantitative estimate of drug-likeness (QED) is 0.698. The first-order chi connectivity index (χ1) is 13.2. The second-order valence-electron chi connectivity index (χ2n) is 6.85. The van der Waals surface area contributed by atoms with Gasteiger partial charge >= 0.3 is 0 Å². The number of amides is 1. The van der Waals surface area contributed by atoms with Gasteiger partial charge in [0.15, 0.2) is 0 Å². The molecule has 0 spiro atoms. The summed E-state index contributed by atoms with van der Waals surface area (Å²) in [4.78, 5) is 20.9. The number of hydrogen-bond acceptors (Lipinski definition) is 5. The highest BCUT2D eigenvalue weighted by Crippen LogP contribution is 2.18. The number of rotatable bonds is 5. The number of carbonyl (C=O) groups excluding carboxylic acids is 1. The van der Waals surface area contributed by atoms with Crippen LogP contribution >= 0.6 is 0 Å². The maximum atomic E-state index is 12.5. The van der Waals surface area contributed by atoms with Crippen LogP contribution in [0, 0.1) is 6.92 Å². The van der Waals surface area contributed by atoms with Gasteiger partial charge in [0.25, 0.3) is 0 Å². The van der Waals surface area contributed by atoms with Gasteiger partial charge in [0.1, 0.15) is 0 Å². The van der Waals surface area contributed by atoms with Crippen LogP contribution in [0.3, 0.4) is 0 Å². The Morgan fingerprint density at radius 3 is 2.37 bits per heavy atom. The predicted molar refractivity (Wildman–Crippen MR) is 102 cm³/mol. The molecule has 27 heavy (non-hydrogen) atoms. The molecule has 6 heteroatoms. The molecular formula is C21H22N4O2. The van der Waals surface area contributed by atoms with Gasteiger partial charge in [-0.15, -0.1) is 0 Å². The second-order valence-corrected chi connectivity index (χ2v) is 6.85. The van der Waals surface area contributed by atoms with Gasteiger partial charge < -0.3 is 9.42 Å². The van der Waals surface area contributed by atoms with E-state index in [4.69, 9.17) is 4.52 Å². The van der Waals surface area contributed by atoms with Gasteiger partial charge in [0.2, 0.25) is 17.6 Å². The van der Waals surface area contributed by atoms with Crippen LogP contribution in [0.5, 0.6) is 0 Å². The molecule has 138 valence electrons. The summed E-state index contributed by atoms with van der Waals surface area (Å²) in [6.45, 7) is 5.32. The predicted octanol–water partition coefficient (Wildman–Crippen LogP) is 2.89. The normalized spacial score (nSPS) is 15.3. The summed E-state index contributed by atoms with van der Waals surface area (Å²) in [5.74, 6) is 1.34. The van der Waals surface area contributed by atoms with Crippen molar-refractivity contribution in [2.45, 2.75) is 20.0 Å². The fourth-order valence-corrected chi connectivity index (χ4v) is 3.30. The largest absolute Gasteiger partial charge is 0.339 e. The lowest BCUT2D eigenvalue weighted by atomic mass is 10.1. The SMILES string of the molecule is Cc1nc(-c2ccc(CN3CCN(Cc4ccccc4)C(=O)C3)cc2)no1. The molecule has 3 aromatic rings. The Morgan fingerprint density at radius 1 is 0.963 bits per heavy atom. The van der Waals surface area contributed by atoms with Gasteiger partial charge in [-0.1, -0.05) is 59.8 Å². The number of hydrogen-bond donors (Lipinski definition) is 0. The Kier molecular flexibility index (Phi) is 4.98. The van der Waals surface area contributed by atoms with Crippen molar-refractivity contribution >= 4 is 5.91 Å². The van der Waals surface area contributed by atoms with Crippen molar-refractivity contribution in [1.29, 1.82) is 0 Å². The fourth-order valence-electron chi connectivity index (χ4n) is 3.30. The molecule has 0 radical (unpaired) electrons. The lowest BCUT2D eigenvalue weighted by Crippen LogP contribution is -2.49. The molecule has 0 unspecified atom stereocenters. The molecule has 0 bridgehead atoms. The van der Waals surface area contributed by atoms with Crippen LogP contribution in [0.15, 0.2) is 59.1 Å². The van der Waals surface area contributed by atoms with Crippen LogP contribution in [0.25, 0.3) is 11.4 Å². The highest BCUT2D eigenvalue weighted by molar-refractivity contribution is 5.79. The van der Waals surface area contributed by atoms with Gasteiger partial charge in [-0.25, -0.2) is 0 Å². The monoisotopic (exact) mass is 362 g/mol. The molecule has 4 rings (SSSR count). The zero-order chi connectivity index (χ0) is 18.6. The van der Waals surface area contributed by atoms with E-state index < -0.39 is 0 Å². The smallest absolute Gasteiger partial charge is 0.237 e. The minimum absolute atomic E-state index is 0.184. The molecular weight excluding hydrogens is 340 g/mol. The van der Waals surface area contributed by atoms with E-state index >= 15 is 0 Å². The summed E-state index contributed by atoms with van der Waals surface area (Å²) in [6.07, 6.45) is 0. The van der Waals surface area contributed by atoms with Crippen LogP contribution in [0.1, 0.15) is 17.0 Å².